The Hall–Kier alpha value is -2.21. The molecule has 2 heterocycles. The van der Waals surface area contributed by atoms with E-state index < -0.39 is 0 Å². The molecule has 0 saturated heterocycles. The Morgan fingerprint density at radius 2 is 2.00 bits per heavy atom. The highest BCUT2D eigenvalue weighted by atomic mass is 79.9. The highest BCUT2D eigenvalue weighted by molar-refractivity contribution is 9.10. The van der Waals surface area contributed by atoms with Crippen molar-refractivity contribution in [1.82, 2.24) is 14.2 Å². The summed E-state index contributed by atoms with van der Waals surface area (Å²) in [6.07, 6.45) is 3.62. The van der Waals surface area contributed by atoms with Crippen LogP contribution in [0, 0.1) is 0 Å². The van der Waals surface area contributed by atoms with Crippen molar-refractivity contribution in [3.8, 4) is 0 Å². The average molecular weight is 387 g/mol. The predicted molar refractivity (Wildman–Crippen MR) is 101 cm³/mol. The molecule has 3 rings (SSSR count). The summed E-state index contributed by atoms with van der Waals surface area (Å²) in [6.45, 7) is 6.07. The van der Waals surface area contributed by atoms with Gasteiger partial charge in [-0.2, -0.15) is 9.78 Å². The second-order valence-electron chi connectivity index (χ2n) is 6.75. The van der Waals surface area contributed by atoms with Gasteiger partial charge >= 0.3 is 0 Å². The van der Waals surface area contributed by atoms with Crippen LogP contribution in [0.3, 0.4) is 0 Å². The zero-order chi connectivity index (χ0) is 17.5. The fourth-order valence-corrected chi connectivity index (χ4v) is 2.83. The zero-order valence-electron chi connectivity index (χ0n) is 14.1. The molecule has 5 nitrogen and oxygen atoms in total. The van der Waals surface area contributed by atoms with Crippen LogP contribution in [-0.4, -0.2) is 20.4 Å². The zero-order valence-corrected chi connectivity index (χ0v) is 15.7. The Labute approximate surface area is 148 Å². The number of nitrogens with zero attached hydrogens (tertiary/aromatic N) is 4. The molecule has 3 aromatic rings. The number of aryl methyl sites for hydroxylation is 1. The van der Waals surface area contributed by atoms with Gasteiger partial charge in [0, 0.05) is 23.1 Å². The summed E-state index contributed by atoms with van der Waals surface area (Å²) in [5, 5.41) is 4.98. The first kappa shape index (κ1) is 16.6. The lowest BCUT2D eigenvalue weighted by Crippen LogP contribution is -2.29. The summed E-state index contributed by atoms with van der Waals surface area (Å²) < 4.78 is 4.19. The molecule has 0 radical (unpaired) electrons. The Kier molecular flexibility index (Phi) is 4.17. The molecular formula is C18H19BrN4O. The van der Waals surface area contributed by atoms with Gasteiger partial charge in [0.05, 0.1) is 22.8 Å². The molecule has 6 heteroatoms. The number of fused-ring (bicyclic) bond motifs is 1. The van der Waals surface area contributed by atoms with Crippen LogP contribution < -0.4 is 5.56 Å². The van der Waals surface area contributed by atoms with E-state index in [-0.39, 0.29) is 11.0 Å². The van der Waals surface area contributed by atoms with Crippen LogP contribution in [0.15, 0.2) is 50.9 Å². The van der Waals surface area contributed by atoms with Crippen molar-refractivity contribution in [3.63, 3.8) is 0 Å². The maximum atomic E-state index is 13.0. The van der Waals surface area contributed by atoms with E-state index in [9.17, 15) is 4.79 Å². The highest BCUT2D eigenvalue weighted by Gasteiger charge is 2.22. The summed E-state index contributed by atoms with van der Waals surface area (Å²) in [5.74, 6) is 0.632. The average Bonchev–Trinajstić information content (AvgIpc) is 2.91. The largest absolute Gasteiger partial charge is 0.350 e. The summed E-state index contributed by atoms with van der Waals surface area (Å²) in [7, 11) is 1.94. The normalized spacial score (nSPS) is 12.4. The van der Waals surface area contributed by atoms with Crippen LogP contribution in [0.4, 0.5) is 0 Å². The smallest absolute Gasteiger partial charge is 0.282 e. The third-order valence-electron chi connectivity index (χ3n) is 3.77. The minimum absolute atomic E-state index is 0.170. The van der Waals surface area contributed by atoms with Crippen LogP contribution in [0.2, 0.25) is 0 Å². The maximum absolute atomic E-state index is 13.0. The molecule has 1 aromatic carbocycles. The maximum Gasteiger partial charge on any atom is 0.282 e. The summed E-state index contributed by atoms with van der Waals surface area (Å²) >= 11 is 3.41. The standard InChI is InChI=1S/C18H19BrN4O/c1-18(2,3)17-21-15-8-7-12(19)10-14(15)16(24)23(17)20-11-13-6-5-9-22(13)4/h5-11H,1-4H3. The molecule has 0 unspecified atom stereocenters. The third kappa shape index (κ3) is 3.06. The van der Waals surface area contributed by atoms with Crippen LogP contribution in [0.1, 0.15) is 32.3 Å². The predicted octanol–water partition coefficient (Wildman–Crippen LogP) is 3.68. The lowest BCUT2D eigenvalue weighted by molar-refractivity contribution is 0.506. The Morgan fingerprint density at radius 1 is 1.25 bits per heavy atom. The molecule has 0 aliphatic heterocycles. The van der Waals surface area contributed by atoms with Gasteiger partial charge in [0.1, 0.15) is 5.82 Å². The van der Waals surface area contributed by atoms with E-state index in [0.29, 0.717) is 16.7 Å². The van der Waals surface area contributed by atoms with E-state index >= 15 is 0 Å². The van der Waals surface area contributed by atoms with Crippen LogP contribution in [-0.2, 0) is 12.5 Å². The molecule has 0 saturated carbocycles. The first-order valence-corrected chi connectivity index (χ1v) is 8.45. The molecule has 2 aromatic heterocycles. The first-order valence-electron chi connectivity index (χ1n) is 7.66. The summed E-state index contributed by atoms with van der Waals surface area (Å²) in [6, 6.07) is 9.40. The van der Waals surface area contributed by atoms with Gasteiger partial charge in [-0.05, 0) is 30.3 Å². The van der Waals surface area contributed by atoms with Crippen molar-refractivity contribution in [1.29, 1.82) is 0 Å². The SMILES string of the molecule is Cn1cccc1C=Nn1c(C(C)(C)C)nc2ccc(Br)cc2c1=O. The van der Waals surface area contributed by atoms with Gasteiger partial charge in [0.15, 0.2) is 0 Å². The van der Waals surface area contributed by atoms with Crippen molar-refractivity contribution in [2.45, 2.75) is 26.2 Å². The summed E-state index contributed by atoms with van der Waals surface area (Å²) in [4.78, 5) is 17.7. The molecule has 0 fully saturated rings. The molecule has 0 atom stereocenters. The number of hydrogen-bond donors (Lipinski definition) is 0. The number of halogens is 1. The molecule has 0 aliphatic carbocycles. The first-order chi connectivity index (χ1) is 11.3. The molecule has 0 aliphatic rings. The van der Waals surface area contributed by atoms with Crippen molar-refractivity contribution in [2.75, 3.05) is 0 Å². The molecule has 24 heavy (non-hydrogen) atoms. The van der Waals surface area contributed by atoms with E-state index in [1.807, 2.05) is 62.8 Å². The van der Waals surface area contributed by atoms with Crippen molar-refractivity contribution < 1.29 is 0 Å². The van der Waals surface area contributed by atoms with Crippen molar-refractivity contribution in [2.24, 2.45) is 12.1 Å². The Morgan fingerprint density at radius 3 is 2.62 bits per heavy atom. The van der Waals surface area contributed by atoms with E-state index in [1.165, 1.54) is 4.68 Å². The lowest BCUT2D eigenvalue weighted by Gasteiger charge is -2.20. The third-order valence-corrected chi connectivity index (χ3v) is 4.26. The number of rotatable bonds is 2. The number of benzene rings is 1. The molecule has 0 amide bonds. The fourth-order valence-electron chi connectivity index (χ4n) is 2.47. The molecule has 0 bridgehead atoms. The van der Waals surface area contributed by atoms with Gasteiger partial charge in [-0.1, -0.05) is 36.7 Å². The second-order valence-corrected chi connectivity index (χ2v) is 7.67. The minimum Gasteiger partial charge on any atom is -0.350 e. The molecule has 0 N–H and O–H groups in total. The van der Waals surface area contributed by atoms with Gasteiger partial charge in [0.2, 0.25) is 0 Å². The minimum atomic E-state index is -0.314. The van der Waals surface area contributed by atoms with E-state index in [2.05, 4.69) is 21.0 Å². The Bertz CT molecular complexity index is 992. The van der Waals surface area contributed by atoms with Crippen LogP contribution >= 0.6 is 15.9 Å². The topological polar surface area (TPSA) is 52.2 Å². The lowest BCUT2D eigenvalue weighted by atomic mass is 9.95. The van der Waals surface area contributed by atoms with Crippen LogP contribution in [0.5, 0.6) is 0 Å². The van der Waals surface area contributed by atoms with Crippen molar-refractivity contribution in [3.05, 3.63) is 62.9 Å². The highest BCUT2D eigenvalue weighted by Crippen LogP contribution is 2.22. The van der Waals surface area contributed by atoms with Gasteiger partial charge in [-0.15, -0.1) is 0 Å². The van der Waals surface area contributed by atoms with Crippen molar-refractivity contribution >= 4 is 33.0 Å². The molecular weight excluding hydrogens is 368 g/mol. The van der Waals surface area contributed by atoms with Gasteiger partial charge in [-0.25, -0.2) is 4.98 Å². The van der Waals surface area contributed by atoms with Gasteiger partial charge in [-0.3, -0.25) is 4.79 Å². The van der Waals surface area contributed by atoms with E-state index in [0.717, 1.165) is 10.2 Å². The van der Waals surface area contributed by atoms with Gasteiger partial charge in [0.25, 0.3) is 5.56 Å². The van der Waals surface area contributed by atoms with Crippen LogP contribution in [0.25, 0.3) is 10.9 Å². The van der Waals surface area contributed by atoms with Gasteiger partial charge < -0.3 is 4.57 Å². The monoisotopic (exact) mass is 386 g/mol. The molecule has 0 spiro atoms. The number of aromatic nitrogens is 3. The quantitative estimate of drug-likeness (QED) is 0.630. The summed E-state index contributed by atoms with van der Waals surface area (Å²) in [5.41, 5.74) is 1.11. The number of hydrogen-bond acceptors (Lipinski definition) is 3. The fraction of sp³-hybridized carbons (Fsp3) is 0.278. The Balaban J connectivity index is 2.27. The molecule has 124 valence electrons. The van der Waals surface area contributed by atoms with E-state index in [1.54, 1.807) is 12.3 Å². The second kappa shape index (κ2) is 6.02. The van der Waals surface area contributed by atoms with E-state index in [4.69, 9.17) is 4.98 Å².